The van der Waals surface area contributed by atoms with Gasteiger partial charge in [-0.25, -0.2) is 9.97 Å². The SMILES string of the molecule is Cc1noc([C@H]2C[C@@H]3CCN(c4ncccn4)C[C@H]3O2)n1. The van der Waals surface area contributed by atoms with Crippen LogP contribution in [0, 0.1) is 12.8 Å². The van der Waals surface area contributed by atoms with Gasteiger partial charge in [0.05, 0.1) is 6.10 Å². The van der Waals surface area contributed by atoms with Gasteiger partial charge in [-0.1, -0.05) is 5.16 Å². The number of anilines is 1. The van der Waals surface area contributed by atoms with Gasteiger partial charge in [-0.3, -0.25) is 0 Å². The van der Waals surface area contributed by atoms with Gasteiger partial charge in [0.2, 0.25) is 5.95 Å². The zero-order chi connectivity index (χ0) is 14.2. The Kier molecular flexibility index (Phi) is 3.07. The molecule has 7 nitrogen and oxygen atoms in total. The second-order valence-electron chi connectivity index (χ2n) is 5.62. The summed E-state index contributed by atoms with van der Waals surface area (Å²) in [7, 11) is 0. The van der Waals surface area contributed by atoms with E-state index in [1.807, 2.05) is 13.0 Å². The second kappa shape index (κ2) is 5.07. The number of ether oxygens (including phenoxy) is 1. The molecule has 4 heterocycles. The lowest BCUT2D eigenvalue weighted by molar-refractivity contribution is 0.0162. The summed E-state index contributed by atoms with van der Waals surface area (Å²) < 4.78 is 11.4. The largest absolute Gasteiger partial charge is 0.363 e. The molecule has 2 aliphatic rings. The summed E-state index contributed by atoms with van der Waals surface area (Å²) in [5.74, 6) is 2.57. The third-order valence-electron chi connectivity index (χ3n) is 4.21. The van der Waals surface area contributed by atoms with Crippen LogP contribution in [0.25, 0.3) is 0 Å². The quantitative estimate of drug-likeness (QED) is 0.828. The van der Waals surface area contributed by atoms with E-state index in [0.29, 0.717) is 17.6 Å². The zero-order valence-corrected chi connectivity index (χ0v) is 11.8. The molecule has 2 aliphatic heterocycles. The van der Waals surface area contributed by atoms with Crippen LogP contribution >= 0.6 is 0 Å². The van der Waals surface area contributed by atoms with E-state index in [-0.39, 0.29) is 12.2 Å². The normalized spacial score (nSPS) is 28.6. The lowest BCUT2D eigenvalue weighted by Crippen LogP contribution is -2.43. The van der Waals surface area contributed by atoms with Crippen molar-refractivity contribution in [3.63, 3.8) is 0 Å². The first-order chi connectivity index (χ1) is 10.3. The molecule has 0 unspecified atom stereocenters. The number of hydrogen-bond acceptors (Lipinski definition) is 7. The highest BCUT2D eigenvalue weighted by atomic mass is 16.5. The smallest absolute Gasteiger partial charge is 0.255 e. The fourth-order valence-corrected chi connectivity index (χ4v) is 3.17. The third-order valence-corrected chi connectivity index (χ3v) is 4.21. The Morgan fingerprint density at radius 2 is 2.14 bits per heavy atom. The molecule has 4 rings (SSSR count). The first kappa shape index (κ1) is 12.7. The molecule has 0 radical (unpaired) electrons. The van der Waals surface area contributed by atoms with E-state index in [1.54, 1.807) is 12.4 Å². The minimum atomic E-state index is -0.0714. The number of hydrogen-bond donors (Lipinski definition) is 0. The Balaban J connectivity index is 1.47. The second-order valence-corrected chi connectivity index (χ2v) is 5.62. The summed E-state index contributed by atoms with van der Waals surface area (Å²) in [4.78, 5) is 15.1. The predicted octanol–water partition coefficient (Wildman–Crippen LogP) is 1.52. The fourth-order valence-electron chi connectivity index (χ4n) is 3.17. The number of rotatable bonds is 2. The molecule has 2 fully saturated rings. The van der Waals surface area contributed by atoms with Crippen molar-refractivity contribution in [3.05, 3.63) is 30.2 Å². The number of aromatic nitrogens is 4. The standard InChI is InChI=1S/C14H17N5O2/c1-9-17-13(21-18-9)11-7-10-3-6-19(8-12(10)20-11)14-15-4-2-5-16-14/h2,4-5,10-12H,3,6-8H2,1H3/t10-,11+,12+/m0/s1. The van der Waals surface area contributed by atoms with Crippen LogP contribution in [-0.2, 0) is 4.74 Å². The van der Waals surface area contributed by atoms with Crippen LogP contribution in [0.15, 0.2) is 23.0 Å². The first-order valence-electron chi connectivity index (χ1n) is 7.27. The summed E-state index contributed by atoms with van der Waals surface area (Å²) in [5.41, 5.74) is 0. The molecule has 110 valence electrons. The van der Waals surface area contributed by atoms with Crippen LogP contribution in [0.1, 0.15) is 30.7 Å². The molecule has 0 aromatic carbocycles. The molecule has 7 heteroatoms. The molecule has 0 aliphatic carbocycles. The number of fused-ring (bicyclic) bond motifs is 1. The highest BCUT2D eigenvalue weighted by Gasteiger charge is 2.42. The van der Waals surface area contributed by atoms with Crippen LogP contribution in [0.4, 0.5) is 5.95 Å². The van der Waals surface area contributed by atoms with E-state index in [0.717, 1.165) is 31.9 Å². The van der Waals surface area contributed by atoms with Gasteiger partial charge in [0.25, 0.3) is 5.89 Å². The highest BCUT2D eigenvalue weighted by Crippen LogP contribution is 2.40. The van der Waals surface area contributed by atoms with Gasteiger partial charge in [-0.15, -0.1) is 0 Å². The summed E-state index contributed by atoms with van der Waals surface area (Å²) in [6.45, 7) is 3.60. The Hall–Kier alpha value is -2.02. The lowest BCUT2D eigenvalue weighted by atomic mass is 9.92. The molecule has 3 atom stereocenters. The first-order valence-corrected chi connectivity index (χ1v) is 7.27. The molecule has 2 aromatic rings. The van der Waals surface area contributed by atoms with Gasteiger partial charge in [-0.05, 0) is 31.7 Å². The number of piperidine rings is 1. The van der Waals surface area contributed by atoms with Crippen molar-refractivity contribution in [1.82, 2.24) is 20.1 Å². The highest BCUT2D eigenvalue weighted by molar-refractivity contribution is 5.30. The molecule has 21 heavy (non-hydrogen) atoms. The van der Waals surface area contributed by atoms with Crippen molar-refractivity contribution < 1.29 is 9.26 Å². The monoisotopic (exact) mass is 287 g/mol. The maximum Gasteiger partial charge on any atom is 0.255 e. The van der Waals surface area contributed by atoms with Crippen molar-refractivity contribution in [3.8, 4) is 0 Å². The van der Waals surface area contributed by atoms with E-state index in [4.69, 9.17) is 9.26 Å². The molecule has 0 spiro atoms. The summed E-state index contributed by atoms with van der Waals surface area (Å²) in [5, 5.41) is 3.84. The van der Waals surface area contributed by atoms with E-state index in [2.05, 4.69) is 25.0 Å². The molecule has 0 amide bonds. The minimum Gasteiger partial charge on any atom is -0.363 e. The van der Waals surface area contributed by atoms with E-state index in [9.17, 15) is 0 Å². The maximum absolute atomic E-state index is 6.12. The molecular weight excluding hydrogens is 270 g/mol. The number of aryl methyl sites for hydroxylation is 1. The maximum atomic E-state index is 6.12. The van der Waals surface area contributed by atoms with Crippen molar-refractivity contribution in [2.24, 2.45) is 5.92 Å². The average molecular weight is 287 g/mol. The van der Waals surface area contributed by atoms with Gasteiger partial charge in [0.1, 0.15) is 6.10 Å². The summed E-state index contributed by atoms with van der Waals surface area (Å²) in [6, 6.07) is 1.83. The number of nitrogens with zero attached hydrogens (tertiary/aromatic N) is 5. The third kappa shape index (κ3) is 2.37. The molecule has 0 saturated carbocycles. The van der Waals surface area contributed by atoms with Crippen LogP contribution in [0.2, 0.25) is 0 Å². The van der Waals surface area contributed by atoms with Gasteiger partial charge < -0.3 is 14.2 Å². The van der Waals surface area contributed by atoms with E-state index >= 15 is 0 Å². The Bertz CT molecular complexity index is 617. The van der Waals surface area contributed by atoms with Gasteiger partial charge in [0.15, 0.2) is 5.82 Å². The Labute approximate surface area is 122 Å². The van der Waals surface area contributed by atoms with Crippen molar-refractivity contribution in [2.45, 2.75) is 32.0 Å². The summed E-state index contributed by atoms with van der Waals surface area (Å²) >= 11 is 0. The Morgan fingerprint density at radius 1 is 1.29 bits per heavy atom. The van der Waals surface area contributed by atoms with Crippen molar-refractivity contribution in [1.29, 1.82) is 0 Å². The van der Waals surface area contributed by atoms with Crippen LogP contribution in [-0.4, -0.2) is 39.3 Å². The fraction of sp³-hybridized carbons (Fsp3) is 0.571. The van der Waals surface area contributed by atoms with E-state index < -0.39 is 0 Å². The van der Waals surface area contributed by atoms with Crippen LogP contribution < -0.4 is 4.90 Å². The Morgan fingerprint density at radius 3 is 2.90 bits per heavy atom. The van der Waals surface area contributed by atoms with Crippen molar-refractivity contribution in [2.75, 3.05) is 18.0 Å². The summed E-state index contributed by atoms with van der Waals surface area (Å²) in [6.07, 6.45) is 5.68. The van der Waals surface area contributed by atoms with Gasteiger partial charge in [0, 0.05) is 25.5 Å². The molecule has 2 saturated heterocycles. The van der Waals surface area contributed by atoms with Crippen molar-refractivity contribution >= 4 is 5.95 Å². The predicted molar refractivity (Wildman–Crippen MR) is 73.6 cm³/mol. The molecule has 0 bridgehead atoms. The van der Waals surface area contributed by atoms with Gasteiger partial charge in [-0.2, -0.15) is 4.98 Å². The zero-order valence-electron chi connectivity index (χ0n) is 11.8. The molecule has 0 N–H and O–H groups in total. The topological polar surface area (TPSA) is 77.2 Å². The van der Waals surface area contributed by atoms with Gasteiger partial charge >= 0.3 is 0 Å². The average Bonchev–Trinajstić information content (AvgIpc) is 3.13. The van der Waals surface area contributed by atoms with Crippen LogP contribution in [0.5, 0.6) is 0 Å². The molecular formula is C14H17N5O2. The lowest BCUT2D eigenvalue weighted by Gasteiger charge is -2.33. The minimum absolute atomic E-state index is 0.0714. The van der Waals surface area contributed by atoms with Crippen LogP contribution in [0.3, 0.4) is 0 Å². The van der Waals surface area contributed by atoms with E-state index in [1.165, 1.54) is 0 Å². The molecule has 2 aromatic heterocycles.